The van der Waals surface area contributed by atoms with Crippen LogP contribution in [0.3, 0.4) is 0 Å². The minimum atomic E-state index is -1.10. The second-order valence-corrected chi connectivity index (χ2v) is 5.32. The van der Waals surface area contributed by atoms with Crippen LogP contribution in [0.4, 0.5) is 8.78 Å². The molecule has 7 heteroatoms. The maximum atomic E-state index is 13.5. The molecule has 1 heterocycles. The van der Waals surface area contributed by atoms with Crippen molar-refractivity contribution in [3.8, 4) is 0 Å². The number of rotatable bonds is 4. The van der Waals surface area contributed by atoms with Crippen LogP contribution in [0, 0.1) is 11.6 Å². The third-order valence-corrected chi connectivity index (χ3v) is 3.78. The second-order valence-electron chi connectivity index (χ2n) is 4.12. The van der Waals surface area contributed by atoms with E-state index in [0.717, 1.165) is 12.5 Å². The molecule has 0 fully saturated rings. The fraction of sp³-hybridized carbons (Fsp3) is 0.231. The fourth-order valence-electron chi connectivity index (χ4n) is 1.80. The Hall–Kier alpha value is -1.27. The van der Waals surface area contributed by atoms with Gasteiger partial charge in [-0.1, -0.05) is 18.5 Å². The molecule has 0 N–H and O–H groups in total. The molecule has 106 valence electrons. The van der Waals surface area contributed by atoms with Crippen molar-refractivity contribution in [1.82, 2.24) is 9.78 Å². The van der Waals surface area contributed by atoms with Crippen LogP contribution in [0.2, 0.25) is 5.02 Å². The molecule has 0 saturated carbocycles. The number of ketones is 1. The van der Waals surface area contributed by atoms with Gasteiger partial charge < -0.3 is 0 Å². The van der Waals surface area contributed by atoms with Crippen molar-refractivity contribution in [2.75, 3.05) is 0 Å². The predicted molar refractivity (Wildman–Crippen MR) is 75.0 cm³/mol. The summed E-state index contributed by atoms with van der Waals surface area (Å²) in [6.07, 6.45) is 2.12. The van der Waals surface area contributed by atoms with E-state index in [1.54, 1.807) is 0 Å². The van der Waals surface area contributed by atoms with Crippen molar-refractivity contribution < 1.29 is 13.6 Å². The lowest BCUT2D eigenvalue weighted by molar-refractivity contribution is 0.102. The van der Waals surface area contributed by atoms with Crippen LogP contribution in [0.15, 0.2) is 22.8 Å². The quantitative estimate of drug-likeness (QED) is 0.602. The van der Waals surface area contributed by atoms with Gasteiger partial charge >= 0.3 is 0 Å². The molecule has 2 aromatic rings. The standard InChI is InChI=1S/C13H10BrClF2N2O/c1-2-5-19-12(8(15)6-18-19)13(20)7-3-4-9(16)11(17)10(7)14/h3-4,6H,2,5H2,1H3. The van der Waals surface area contributed by atoms with Crippen molar-refractivity contribution in [3.63, 3.8) is 0 Å². The van der Waals surface area contributed by atoms with Gasteiger partial charge in [0.15, 0.2) is 11.6 Å². The lowest BCUT2D eigenvalue weighted by Crippen LogP contribution is -2.13. The Morgan fingerprint density at radius 3 is 2.80 bits per heavy atom. The number of aryl methyl sites for hydroxylation is 1. The van der Waals surface area contributed by atoms with Gasteiger partial charge in [-0.15, -0.1) is 0 Å². The maximum absolute atomic E-state index is 13.5. The van der Waals surface area contributed by atoms with E-state index in [2.05, 4.69) is 21.0 Å². The molecule has 1 aromatic carbocycles. The molecule has 0 bridgehead atoms. The van der Waals surface area contributed by atoms with Crippen molar-refractivity contribution in [2.24, 2.45) is 0 Å². The lowest BCUT2D eigenvalue weighted by atomic mass is 10.1. The van der Waals surface area contributed by atoms with Crippen molar-refractivity contribution in [3.05, 3.63) is 50.7 Å². The number of aromatic nitrogens is 2. The van der Waals surface area contributed by atoms with Crippen LogP contribution >= 0.6 is 27.5 Å². The number of nitrogens with zero attached hydrogens (tertiary/aromatic N) is 2. The summed E-state index contributed by atoms with van der Waals surface area (Å²) < 4.78 is 27.8. The van der Waals surface area contributed by atoms with Crippen molar-refractivity contribution in [2.45, 2.75) is 19.9 Å². The van der Waals surface area contributed by atoms with Crippen LogP contribution in [0.25, 0.3) is 0 Å². The van der Waals surface area contributed by atoms with Gasteiger partial charge in [0, 0.05) is 12.1 Å². The molecule has 0 radical (unpaired) electrons. The highest BCUT2D eigenvalue weighted by Gasteiger charge is 2.23. The van der Waals surface area contributed by atoms with Crippen LogP contribution in [-0.4, -0.2) is 15.6 Å². The average Bonchev–Trinajstić information content (AvgIpc) is 2.77. The van der Waals surface area contributed by atoms with Crippen LogP contribution in [0.1, 0.15) is 29.4 Å². The molecule has 0 aliphatic rings. The summed E-state index contributed by atoms with van der Waals surface area (Å²) in [6.45, 7) is 2.44. The number of carbonyl (C=O) groups is 1. The van der Waals surface area contributed by atoms with Crippen LogP contribution in [-0.2, 0) is 6.54 Å². The third kappa shape index (κ3) is 2.62. The summed E-state index contributed by atoms with van der Waals surface area (Å²) in [6, 6.07) is 2.12. The zero-order chi connectivity index (χ0) is 14.9. The highest BCUT2D eigenvalue weighted by atomic mass is 79.9. The number of halogens is 4. The van der Waals surface area contributed by atoms with Gasteiger partial charge in [-0.25, -0.2) is 8.78 Å². The molecule has 3 nitrogen and oxygen atoms in total. The van der Waals surface area contributed by atoms with E-state index in [4.69, 9.17) is 11.6 Å². The molecule has 0 aliphatic heterocycles. The van der Waals surface area contributed by atoms with Gasteiger partial charge in [0.25, 0.3) is 0 Å². The summed E-state index contributed by atoms with van der Waals surface area (Å²) in [5.74, 6) is -2.64. The third-order valence-electron chi connectivity index (χ3n) is 2.73. The lowest BCUT2D eigenvalue weighted by Gasteiger charge is -2.08. The highest BCUT2D eigenvalue weighted by Crippen LogP contribution is 2.27. The SMILES string of the molecule is CCCn1ncc(Cl)c1C(=O)c1ccc(F)c(F)c1Br. The van der Waals surface area contributed by atoms with Gasteiger partial charge in [-0.3, -0.25) is 9.48 Å². The largest absolute Gasteiger partial charge is 0.287 e. The average molecular weight is 364 g/mol. The molecule has 0 spiro atoms. The minimum absolute atomic E-state index is 0.00338. The van der Waals surface area contributed by atoms with Gasteiger partial charge in [0.2, 0.25) is 5.78 Å². The first kappa shape index (κ1) is 15.1. The topological polar surface area (TPSA) is 34.9 Å². The first-order valence-electron chi connectivity index (χ1n) is 5.86. The van der Waals surface area contributed by atoms with E-state index in [1.165, 1.54) is 16.9 Å². The van der Waals surface area contributed by atoms with Gasteiger partial charge in [-0.2, -0.15) is 5.10 Å². The molecule has 0 atom stereocenters. The van der Waals surface area contributed by atoms with E-state index in [-0.39, 0.29) is 20.8 Å². The maximum Gasteiger partial charge on any atom is 0.213 e. The zero-order valence-electron chi connectivity index (χ0n) is 10.5. The summed E-state index contributed by atoms with van der Waals surface area (Å²) in [5.41, 5.74) is 0.170. The number of benzene rings is 1. The van der Waals surface area contributed by atoms with E-state index in [9.17, 15) is 13.6 Å². The number of carbonyl (C=O) groups excluding carboxylic acids is 1. The summed E-state index contributed by atoms with van der Waals surface area (Å²) >= 11 is 8.86. The van der Waals surface area contributed by atoms with Gasteiger partial charge in [0.1, 0.15) is 5.69 Å². The number of hydrogen-bond donors (Lipinski definition) is 0. The smallest absolute Gasteiger partial charge is 0.213 e. The Kier molecular flexibility index (Phi) is 4.55. The first-order valence-corrected chi connectivity index (χ1v) is 7.04. The molecule has 0 aliphatic carbocycles. The second kappa shape index (κ2) is 6.01. The molecule has 2 rings (SSSR count). The van der Waals surface area contributed by atoms with Gasteiger partial charge in [0.05, 0.1) is 15.7 Å². The van der Waals surface area contributed by atoms with E-state index in [0.29, 0.717) is 6.54 Å². The molecule has 20 heavy (non-hydrogen) atoms. The Labute approximate surface area is 127 Å². The fourth-order valence-corrected chi connectivity index (χ4v) is 2.53. The molecule has 1 aromatic heterocycles. The molecular formula is C13H10BrClF2N2O. The Bertz CT molecular complexity index is 673. The Balaban J connectivity index is 2.52. The van der Waals surface area contributed by atoms with Crippen molar-refractivity contribution >= 4 is 33.3 Å². The van der Waals surface area contributed by atoms with Crippen LogP contribution < -0.4 is 0 Å². The first-order chi connectivity index (χ1) is 9.47. The van der Waals surface area contributed by atoms with Crippen LogP contribution in [0.5, 0.6) is 0 Å². The van der Waals surface area contributed by atoms with Gasteiger partial charge in [-0.05, 0) is 34.5 Å². The summed E-state index contributed by atoms with van der Waals surface area (Å²) in [7, 11) is 0. The minimum Gasteiger partial charge on any atom is -0.287 e. The van der Waals surface area contributed by atoms with E-state index < -0.39 is 17.4 Å². The molecule has 0 saturated heterocycles. The molecule has 0 amide bonds. The van der Waals surface area contributed by atoms with Crippen molar-refractivity contribution in [1.29, 1.82) is 0 Å². The number of hydrogen-bond acceptors (Lipinski definition) is 2. The monoisotopic (exact) mass is 362 g/mol. The van der Waals surface area contributed by atoms with E-state index >= 15 is 0 Å². The predicted octanol–water partition coefficient (Wildman–Crippen LogP) is 4.22. The Morgan fingerprint density at radius 2 is 2.15 bits per heavy atom. The summed E-state index contributed by atoms with van der Waals surface area (Å²) in [4.78, 5) is 12.4. The molecule has 0 unspecified atom stereocenters. The normalized spacial score (nSPS) is 10.8. The molecular weight excluding hydrogens is 354 g/mol. The summed E-state index contributed by atoms with van der Waals surface area (Å²) in [5, 5.41) is 4.18. The Morgan fingerprint density at radius 1 is 1.45 bits per heavy atom. The van der Waals surface area contributed by atoms with E-state index in [1.807, 2.05) is 6.92 Å². The highest BCUT2D eigenvalue weighted by molar-refractivity contribution is 9.10. The zero-order valence-corrected chi connectivity index (χ0v) is 12.8.